The minimum absolute atomic E-state index is 0.161. The van der Waals surface area contributed by atoms with E-state index in [0.29, 0.717) is 43.6 Å². The third-order valence-corrected chi connectivity index (χ3v) is 5.32. The Morgan fingerprint density at radius 3 is 2.65 bits per heavy atom. The molecule has 1 N–H and O–H groups in total. The molecule has 0 aromatic heterocycles. The van der Waals surface area contributed by atoms with Crippen molar-refractivity contribution in [1.82, 2.24) is 4.90 Å². The highest BCUT2D eigenvalue weighted by Crippen LogP contribution is 2.21. The molecule has 31 heavy (non-hydrogen) atoms. The summed E-state index contributed by atoms with van der Waals surface area (Å²) in [4.78, 5) is 7.76. The van der Waals surface area contributed by atoms with Crippen molar-refractivity contribution >= 4 is 17.3 Å². The molecule has 1 heterocycles. The van der Waals surface area contributed by atoms with Gasteiger partial charge in [0.05, 0.1) is 18.4 Å². The number of aliphatic hydroxyl groups is 1. The molecule has 2 aromatic rings. The van der Waals surface area contributed by atoms with Gasteiger partial charge in [-0.05, 0) is 35.2 Å². The summed E-state index contributed by atoms with van der Waals surface area (Å²) in [5, 5.41) is 15.4. The molecule has 2 aromatic carbocycles. The van der Waals surface area contributed by atoms with Crippen LogP contribution in [-0.2, 0) is 16.1 Å². The van der Waals surface area contributed by atoms with Crippen molar-refractivity contribution in [2.45, 2.75) is 39.0 Å². The lowest BCUT2D eigenvalue weighted by Crippen LogP contribution is -2.39. The van der Waals surface area contributed by atoms with E-state index >= 15 is 0 Å². The van der Waals surface area contributed by atoms with Crippen LogP contribution in [0.2, 0.25) is 5.02 Å². The molecule has 168 valence electrons. The highest BCUT2D eigenvalue weighted by molar-refractivity contribution is 6.31. The lowest BCUT2D eigenvalue weighted by molar-refractivity contribution is -0.00734. The summed E-state index contributed by atoms with van der Waals surface area (Å²) in [7, 11) is 0. The standard InChI is InChI=1S/C24H30ClFN2O3/c1-17(2)15-30-16-21(29)13-28(12-19-5-3-4-6-23(19)25)14-22-11-24(27-31-22)18-7-9-20(26)10-8-18/h3-10,17,21-22,29H,11-16H2,1-2H3/t21-,22-/m0/s1. The molecule has 0 spiro atoms. The van der Waals surface area contributed by atoms with Crippen LogP contribution < -0.4 is 0 Å². The lowest BCUT2D eigenvalue weighted by atomic mass is 10.0. The van der Waals surface area contributed by atoms with Gasteiger partial charge in [0.1, 0.15) is 11.9 Å². The quantitative estimate of drug-likeness (QED) is 0.549. The van der Waals surface area contributed by atoms with Gasteiger partial charge in [-0.25, -0.2) is 4.39 Å². The van der Waals surface area contributed by atoms with E-state index in [-0.39, 0.29) is 18.5 Å². The van der Waals surface area contributed by atoms with E-state index < -0.39 is 6.10 Å². The third-order valence-electron chi connectivity index (χ3n) is 4.95. The molecule has 0 saturated heterocycles. The van der Waals surface area contributed by atoms with Crippen molar-refractivity contribution in [1.29, 1.82) is 0 Å². The van der Waals surface area contributed by atoms with E-state index in [1.54, 1.807) is 12.1 Å². The van der Waals surface area contributed by atoms with Crippen molar-refractivity contribution in [3.05, 3.63) is 70.5 Å². The fourth-order valence-electron chi connectivity index (χ4n) is 3.49. The monoisotopic (exact) mass is 448 g/mol. The number of benzene rings is 2. The first kappa shape index (κ1) is 23.7. The Kier molecular flexibility index (Phi) is 8.84. The van der Waals surface area contributed by atoms with Gasteiger partial charge in [-0.2, -0.15) is 0 Å². The van der Waals surface area contributed by atoms with Gasteiger partial charge in [-0.15, -0.1) is 0 Å². The fourth-order valence-corrected chi connectivity index (χ4v) is 3.68. The highest BCUT2D eigenvalue weighted by atomic mass is 35.5. The fraction of sp³-hybridized carbons (Fsp3) is 0.458. The van der Waals surface area contributed by atoms with Gasteiger partial charge in [-0.3, -0.25) is 4.90 Å². The van der Waals surface area contributed by atoms with E-state index in [1.807, 2.05) is 24.3 Å². The molecule has 0 aliphatic carbocycles. The van der Waals surface area contributed by atoms with Crippen molar-refractivity contribution in [2.24, 2.45) is 11.1 Å². The van der Waals surface area contributed by atoms with Gasteiger partial charge in [-0.1, -0.05) is 60.9 Å². The number of halogens is 2. The first-order valence-corrected chi connectivity index (χ1v) is 11.0. The van der Waals surface area contributed by atoms with Crippen LogP contribution in [0, 0.1) is 11.7 Å². The highest BCUT2D eigenvalue weighted by Gasteiger charge is 2.26. The normalized spacial score (nSPS) is 17.1. The Morgan fingerprint density at radius 2 is 1.94 bits per heavy atom. The minimum Gasteiger partial charge on any atom is -0.390 e. The molecule has 0 radical (unpaired) electrons. The summed E-state index contributed by atoms with van der Waals surface area (Å²) in [6.45, 7) is 6.61. The van der Waals surface area contributed by atoms with Crippen molar-refractivity contribution in [2.75, 3.05) is 26.3 Å². The van der Waals surface area contributed by atoms with Crippen LogP contribution in [0.3, 0.4) is 0 Å². The van der Waals surface area contributed by atoms with Gasteiger partial charge < -0.3 is 14.7 Å². The van der Waals surface area contributed by atoms with Crippen molar-refractivity contribution < 1.29 is 19.1 Å². The SMILES string of the molecule is CC(C)COC[C@@H](O)CN(Cc1ccccc1Cl)C[C@@H]1CC(c2ccc(F)cc2)=NO1. The molecule has 7 heteroatoms. The smallest absolute Gasteiger partial charge is 0.145 e. The van der Waals surface area contributed by atoms with Crippen LogP contribution in [0.4, 0.5) is 4.39 Å². The van der Waals surface area contributed by atoms with Crippen LogP contribution in [0.25, 0.3) is 0 Å². The molecule has 1 aliphatic rings. The second-order valence-corrected chi connectivity index (χ2v) is 8.75. The Labute approximate surface area is 188 Å². The molecule has 0 unspecified atom stereocenters. The zero-order valence-electron chi connectivity index (χ0n) is 18.0. The number of oxime groups is 1. The Balaban J connectivity index is 1.61. The van der Waals surface area contributed by atoms with Crippen molar-refractivity contribution in [3.63, 3.8) is 0 Å². The largest absolute Gasteiger partial charge is 0.390 e. The molecule has 0 amide bonds. The average Bonchev–Trinajstić information content (AvgIpc) is 3.18. The summed E-state index contributed by atoms with van der Waals surface area (Å²) in [5.41, 5.74) is 2.63. The van der Waals surface area contributed by atoms with Gasteiger partial charge >= 0.3 is 0 Å². The third kappa shape index (κ3) is 7.58. The lowest BCUT2D eigenvalue weighted by Gasteiger charge is -2.27. The van der Waals surface area contributed by atoms with Crippen LogP contribution in [0.1, 0.15) is 31.4 Å². The first-order valence-electron chi connectivity index (χ1n) is 10.6. The Morgan fingerprint density at radius 1 is 1.19 bits per heavy atom. The Hall–Kier alpha value is -1.99. The topological polar surface area (TPSA) is 54.3 Å². The van der Waals surface area contributed by atoms with Crippen LogP contribution in [-0.4, -0.2) is 54.2 Å². The summed E-state index contributed by atoms with van der Waals surface area (Å²) in [5.74, 6) is 0.139. The number of hydrogen-bond acceptors (Lipinski definition) is 5. The summed E-state index contributed by atoms with van der Waals surface area (Å²) in [6.07, 6.45) is -0.170. The molecule has 0 fully saturated rings. The number of aliphatic hydroxyl groups excluding tert-OH is 1. The van der Waals surface area contributed by atoms with Gasteiger partial charge in [0.15, 0.2) is 0 Å². The maximum atomic E-state index is 13.2. The van der Waals surface area contributed by atoms with Gasteiger partial charge in [0.2, 0.25) is 0 Å². The molecule has 2 atom stereocenters. The van der Waals surface area contributed by atoms with Gasteiger partial charge in [0.25, 0.3) is 0 Å². The minimum atomic E-state index is -0.625. The van der Waals surface area contributed by atoms with Crippen molar-refractivity contribution in [3.8, 4) is 0 Å². The zero-order chi connectivity index (χ0) is 22.2. The van der Waals surface area contributed by atoms with Gasteiger partial charge in [0, 0.05) is 37.7 Å². The van der Waals surface area contributed by atoms with Crippen LogP contribution in [0.5, 0.6) is 0 Å². The predicted octanol–water partition coefficient (Wildman–Crippen LogP) is 4.51. The summed E-state index contributed by atoms with van der Waals surface area (Å²) in [6, 6.07) is 13.9. The number of nitrogens with zero attached hydrogens (tertiary/aromatic N) is 2. The average molecular weight is 449 g/mol. The number of rotatable bonds is 11. The zero-order valence-corrected chi connectivity index (χ0v) is 18.8. The Bertz CT molecular complexity index is 860. The number of ether oxygens (including phenoxy) is 1. The van der Waals surface area contributed by atoms with E-state index in [1.165, 1.54) is 12.1 Å². The predicted molar refractivity (Wildman–Crippen MR) is 121 cm³/mol. The van der Waals surface area contributed by atoms with Crippen LogP contribution >= 0.6 is 11.6 Å². The summed E-state index contributed by atoms with van der Waals surface area (Å²) < 4.78 is 18.8. The van der Waals surface area contributed by atoms with E-state index in [2.05, 4.69) is 23.9 Å². The molecule has 3 rings (SSSR count). The second kappa shape index (κ2) is 11.6. The van der Waals surface area contributed by atoms with E-state index in [9.17, 15) is 9.50 Å². The number of hydrogen-bond donors (Lipinski definition) is 1. The molecular formula is C24H30ClFN2O3. The first-order chi connectivity index (χ1) is 14.9. The molecule has 0 saturated carbocycles. The maximum absolute atomic E-state index is 13.2. The maximum Gasteiger partial charge on any atom is 0.145 e. The van der Waals surface area contributed by atoms with E-state index in [4.69, 9.17) is 21.2 Å². The molecule has 0 bridgehead atoms. The molecule has 5 nitrogen and oxygen atoms in total. The molecule has 1 aliphatic heterocycles. The summed E-state index contributed by atoms with van der Waals surface area (Å²) >= 11 is 6.36. The molecular weight excluding hydrogens is 419 g/mol. The van der Waals surface area contributed by atoms with E-state index in [0.717, 1.165) is 16.8 Å². The van der Waals surface area contributed by atoms with Crippen LogP contribution in [0.15, 0.2) is 53.7 Å². The second-order valence-electron chi connectivity index (χ2n) is 8.35.